The Morgan fingerprint density at radius 2 is 2.24 bits per heavy atom. The van der Waals surface area contributed by atoms with E-state index >= 15 is 0 Å². The van der Waals surface area contributed by atoms with Crippen LogP contribution in [0.5, 0.6) is 0 Å². The van der Waals surface area contributed by atoms with Crippen molar-refractivity contribution in [3.05, 3.63) is 0 Å². The minimum atomic E-state index is -0.0676. The fourth-order valence-corrected chi connectivity index (χ4v) is 3.68. The van der Waals surface area contributed by atoms with Gasteiger partial charge in [0.1, 0.15) is 0 Å². The topological polar surface area (TPSA) is 32.3 Å². The second kappa shape index (κ2) is 4.97. The Labute approximate surface area is 105 Å². The summed E-state index contributed by atoms with van der Waals surface area (Å²) in [6.07, 6.45) is 4.84. The quantitative estimate of drug-likeness (QED) is 0.814. The van der Waals surface area contributed by atoms with Crippen molar-refractivity contribution in [3.8, 4) is 0 Å². The molecular formula is C14H26N2O. The highest BCUT2D eigenvalue weighted by atomic mass is 16.2. The van der Waals surface area contributed by atoms with E-state index < -0.39 is 0 Å². The largest absolute Gasteiger partial charge is 0.345 e. The third kappa shape index (κ3) is 2.35. The summed E-state index contributed by atoms with van der Waals surface area (Å²) in [7, 11) is 1.97. The van der Waals surface area contributed by atoms with Crippen LogP contribution in [0.2, 0.25) is 0 Å². The molecule has 0 aromatic rings. The minimum Gasteiger partial charge on any atom is -0.345 e. The number of rotatable bonds is 3. The molecule has 2 aliphatic rings. The van der Waals surface area contributed by atoms with Crippen molar-refractivity contribution in [2.24, 2.45) is 17.3 Å². The number of amides is 1. The van der Waals surface area contributed by atoms with Crippen molar-refractivity contribution < 1.29 is 4.79 Å². The van der Waals surface area contributed by atoms with Crippen molar-refractivity contribution >= 4 is 5.91 Å². The maximum absolute atomic E-state index is 12.7. The van der Waals surface area contributed by atoms with E-state index in [1.165, 1.54) is 19.3 Å². The van der Waals surface area contributed by atoms with E-state index in [1.807, 2.05) is 11.9 Å². The predicted molar refractivity (Wildman–Crippen MR) is 69.7 cm³/mol. The minimum absolute atomic E-state index is 0.0676. The van der Waals surface area contributed by atoms with Gasteiger partial charge in [0, 0.05) is 20.1 Å². The molecule has 2 fully saturated rings. The lowest BCUT2D eigenvalue weighted by Gasteiger charge is -2.40. The Kier molecular flexibility index (Phi) is 3.76. The molecule has 1 amide bonds. The van der Waals surface area contributed by atoms with E-state index in [0.29, 0.717) is 17.7 Å². The normalized spacial score (nSPS) is 32.6. The molecule has 3 heteroatoms. The van der Waals surface area contributed by atoms with Crippen LogP contribution in [-0.2, 0) is 4.79 Å². The van der Waals surface area contributed by atoms with E-state index in [4.69, 9.17) is 0 Å². The van der Waals surface area contributed by atoms with E-state index in [9.17, 15) is 4.79 Å². The summed E-state index contributed by atoms with van der Waals surface area (Å²) in [5, 5.41) is 3.45. The zero-order valence-corrected chi connectivity index (χ0v) is 11.5. The Hall–Kier alpha value is -0.570. The van der Waals surface area contributed by atoms with Crippen LogP contribution < -0.4 is 5.32 Å². The van der Waals surface area contributed by atoms with Gasteiger partial charge < -0.3 is 10.2 Å². The zero-order chi connectivity index (χ0) is 12.5. The molecule has 1 aliphatic heterocycles. The molecule has 0 unspecified atom stereocenters. The summed E-state index contributed by atoms with van der Waals surface area (Å²) in [5.74, 6) is 1.52. The number of nitrogens with one attached hydrogen (secondary N) is 1. The van der Waals surface area contributed by atoms with E-state index in [0.717, 1.165) is 26.1 Å². The molecule has 2 atom stereocenters. The first-order chi connectivity index (χ1) is 8.06. The van der Waals surface area contributed by atoms with E-state index in [2.05, 4.69) is 19.2 Å². The van der Waals surface area contributed by atoms with Gasteiger partial charge in [-0.25, -0.2) is 0 Å². The molecule has 0 aromatic heterocycles. The number of hydrogen-bond acceptors (Lipinski definition) is 2. The number of nitrogens with zero attached hydrogens (tertiary/aromatic N) is 1. The summed E-state index contributed by atoms with van der Waals surface area (Å²) >= 11 is 0. The fraction of sp³-hybridized carbons (Fsp3) is 0.929. The first-order valence-electron chi connectivity index (χ1n) is 7.02. The highest BCUT2D eigenvalue weighted by molar-refractivity contribution is 5.83. The van der Waals surface area contributed by atoms with Gasteiger partial charge in [0.25, 0.3) is 0 Å². The average Bonchev–Trinajstić information content (AvgIpc) is 2.71. The first-order valence-corrected chi connectivity index (χ1v) is 7.02. The van der Waals surface area contributed by atoms with Crippen LogP contribution in [0, 0.1) is 17.3 Å². The third-order valence-electron chi connectivity index (χ3n) is 4.45. The van der Waals surface area contributed by atoms with Gasteiger partial charge in [0.2, 0.25) is 5.91 Å². The molecule has 0 aromatic carbocycles. The molecule has 0 bridgehead atoms. The van der Waals surface area contributed by atoms with Gasteiger partial charge >= 0.3 is 0 Å². The van der Waals surface area contributed by atoms with Crippen LogP contribution in [0.3, 0.4) is 0 Å². The van der Waals surface area contributed by atoms with Gasteiger partial charge in [-0.2, -0.15) is 0 Å². The second-order valence-electron chi connectivity index (χ2n) is 6.31. The summed E-state index contributed by atoms with van der Waals surface area (Å²) in [4.78, 5) is 14.7. The molecule has 0 radical (unpaired) electrons. The van der Waals surface area contributed by atoms with Crippen molar-refractivity contribution in [2.45, 2.75) is 39.5 Å². The van der Waals surface area contributed by atoms with Gasteiger partial charge in [-0.3, -0.25) is 4.79 Å². The van der Waals surface area contributed by atoms with Gasteiger partial charge in [-0.05, 0) is 31.2 Å². The fourth-order valence-electron chi connectivity index (χ4n) is 3.68. The number of hydrogen-bond donors (Lipinski definition) is 1. The summed E-state index contributed by atoms with van der Waals surface area (Å²) in [6.45, 7) is 7.17. The lowest BCUT2D eigenvalue weighted by molar-refractivity contribution is -0.144. The molecule has 2 rings (SSSR count). The van der Waals surface area contributed by atoms with Crippen LogP contribution in [0.25, 0.3) is 0 Å². The molecular weight excluding hydrogens is 212 g/mol. The van der Waals surface area contributed by atoms with Gasteiger partial charge in [-0.1, -0.05) is 26.7 Å². The van der Waals surface area contributed by atoms with Gasteiger partial charge in [0.05, 0.1) is 5.41 Å². The van der Waals surface area contributed by atoms with Crippen molar-refractivity contribution in [2.75, 3.05) is 26.7 Å². The van der Waals surface area contributed by atoms with Crippen LogP contribution in [-0.4, -0.2) is 37.5 Å². The Morgan fingerprint density at radius 3 is 2.94 bits per heavy atom. The second-order valence-corrected chi connectivity index (χ2v) is 6.31. The molecule has 1 saturated heterocycles. The van der Waals surface area contributed by atoms with Crippen molar-refractivity contribution in [1.82, 2.24) is 10.2 Å². The lowest BCUT2D eigenvalue weighted by Crippen LogP contribution is -2.49. The first kappa shape index (κ1) is 12.9. The Morgan fingerprint density at radius 1 is 1.47 bits per heavy atom. The molecule has 1 N–H and O–H groups in total. The van der Waals surface area contributed by atoms with E-state index in [1.54, 1.807) is 0 Å². The predicted octanol–water partition coefficient (Wildman–Crippen LogP) is 1.88. The van der Waals surface area contributed by atoms with E-state index in [-0.39, 0.29) is 5.41 Å². The SMILES string of the molecule is CC(C)CN(C)C(=O)[C@@]12CCCC[C@H]1CNC2. The van der Waals surface area contributed by atoms with Crippen LogP contribution in [0.4, 0.5) is 0 Å². The summed E-state index contributed by atoms with van der Waals surface area (Å²) in [6, 6.07) is 0. The molecule has 98 valence electrons. The summed E-state index contributed by atoms with van der Waals surface area (Å²) in [5.41, 5.74) is -0.0676. The monoisotopic (exact) mass is 238 g/mol. The number of carbonyl (C=O) groups is 1. The maximum atomic E-state index is 12.7. The standard InChI is InChI=1S/C14H26N2O/c1-11(2)9-16(3)13(17)14-7-5-4-6-12(14)8-15-10-14/h11-12,15H,4-10H2,1-3H3/t12-,14+/m0/s1. The highest BCUT2D eigenvalue weighted by Gasteiger charge is 2.50. The average molecular weight is 238 g/mol. The molecule has 1 heterocycles. The van der Waals surface area contributed by atoms with Crippen LogP contribution >= 0.6 is 0 Å². The van der Waals surface area contributed by atoms with Crippen molar-refractivity contribution in [3.63, 3.8) is 0 Å². The van der Waals surface area contributed by atoms with Gasteiger partial charge in [-0.15, -0.1) is 0 Å². The molecule has 1 aliphatic carbocycles. The molecule has 0 spiro atoms. The number of fused-ring (bicyclic) bond motifs is 1. The van der Waals surface area contributed by atoms with Crippen LogP contribution in [0.15, 0.2) is 0 Å². The molecule has 3 nitrogen and oxygen atoms in total. The van der Waals surface area contributed by atoms with Crippen LogP contribution in [0.1, 0.15) is 39.5 Å². The summed E-state index contributed by atoms with van der Waals surface area (Å²) < 4.78 is 0. The Balaban J connectivity index is 2.10. The van der Waals surface area contributed by atoms with Crippen molar-refractivity contribution in [1.29, 1.82) is 0 Å². The lowest BCUT2D eigenvalue weighted by atomic mass is 9.67. The smallest absolute Gasteiger partial charge is 0.230 e. The van der Waals surface area contributed by atoms with Gasteiger partial charge in [0.15, 0.2) is 0 Å². The maximum Gasteiger partial charge on any atom is 0.230 e. The third-order valence-corrected chi connectivity index (χ3v) is 4.45. The number of carbonyl (C=O) groups excluding carboxylic acids is 1. The zero-order valence-electron chi connectivity index (χ0n) is 11.5. The highest BCUT2D eigenvalue weighted by Crippen LogP contribution is 2.44. The Bertz CT molecular complexity index is 290. The molecule has 17 heavy (non-hydrogen) atoms. The molecule has 1 saturated carbocycles.